The second-order valence-electron chi connectivity index (χ2n) is 3.58. The third kappa shape index (κ3) is 2.09. The number of aryl methyl sites for hydroxylation is 1. The van der Waals surface area contributed by atoms with Crippen molar-refractivity contribution in [2.75, 3.05) is 7.11 Å². The molecule has 0 saturated carbocycles. The van der Waals surface area contributed by atoms with Gasteiger partial charge in [-0.05, 0) is 25.1 Å². The predicted octanol–water partition coefficient (Wildman–Crippen LogP) is 3.23. The molecular weight excluding hydrogens is 261 g/mol. The van der Waals surface area contributed by atoms with Gasteiger partial charge in [-0.15, -0.1) is 0 Å². The van der Waals surface area contributed by atoms with E-state index in [2.05, 4.69) is 9.89 Å². The molecular formula is C12H9ClFNO3. The minimum Gasteiger partial charge on any atom is -0.465 e. The van der Waals surface area contributed by atoms with E-state index in [4.69, 9.17) is 16.1 Å². The fourth-order valence-electron chi connectivity index (χ4n) is 1.58. The van der Waals surface area contributed by atoms with Crippen molar-refractivity contribution in [3.63, 3.8) is 0 Å². The number of methoxy groups -OCH3 is 1. The average molecular weight is 270 g/mol. The van der Waals surface area contributed by atoms with Gasteiger partial charge in [0.15, 0.2) is 0 Å². The molecule has 2 aromatic rings. The van der Waals surface area contributed by atoms with Crippen molar-refractivity contribution in [3.8, 4) is 11.3 Å². The summed E-state index contributed by atoms with van der Waals surface area (Å²) >= 11 is 5.66. The number of aromatic nitrogens is 1. The fraction of sp³-hybridized carbons (Fsp3) is 0.167. The molecule has 6 heteroatoms. The van der Waals surface area contributed by atoms with E-state index in [1.54, 1.807) is 6.92 Å². The number of rotatable bonds is 2. The molecule has 0 aliphatic rings. The molecule has 1 heterocycles. The number of halogens is 2. The van der Waals surface area contributed by atoms with Crippen LogP contribution in [0.1, 0.15) is 16.1 Å². The Morgan fingerprint density at radius 3 is 2.83 bits per heavy atom. The van der Waals surface area contributed by atoms with E-state index < -0.39 is 11.8 Å². The summed E-state index contributed by atoms with van der Waals surface area (Å²) in [5, 5.41) is 3.95. The van der Waals surface area contributed by atoms with E-state index in [1.807, 2.05) is 0 Å². The maximum atomic E-state index is 13.8. The molecule has 0 fully saturated rings. The van der Waals surface area contributed by atoms with Crippen LogP contribution in [-0.4, -0.2) is 18.2 Å². The molecule has 1 aromatic carbocycles. The molecule has 0 unspecified atom stereocenters. The van der Waals surface area contributed by atoms with Gasteiger partial charge in [0.25, 0.3) is 0 Å². The van der Waals surface area contributed by atoms with E-state index in [0.29, 0.717) is 0 Å². The Hall–Kier alpha value is -1.88. The van der Waals surface area contributed by atoms with Gasteiger partial charge < -0.3 is 9.26 Å². The predicted molar refractivity (Wildman–Crippen MR) is 63.0 cm³/mol. The Kier molecular flexibility index (Phi) is 3.34. The van der Waals surface area contributed by atoms with Gasteiger partial charge in [-0.25, -0.2) is 9.18 Å². The maximum Gasteiger partial charge on any atom is 0.343 e. The summed E-state index contributed by atoms with van der Waals surface area (Å²) < 4.78 is 23.3. The Morgan fingerprint density at radius 1 is 1.50 bits per heavy atom. The first-order chi connectivity index (χ1) is 8.54. The summed E-state index contributed by atoms with van der Waals surface area (Å²) in [7, 11) is 1.23. The quantitative estimate of drug-likeness (QED) is 0.786. The summed E-state index contributed by atoms with van der Waals surface area (Å²) in [5.41, 5.74) is 0.351. The molecule has 94 valence electrons. The lowest BCUT2D eigenvalue weighted by Crippen LogP contribution is -2.04. The zero-order chi connectivity index (χ0) is 13.3. The van der Waals surface area contributed by atoms with E-state index in [1.165, 1.54) is 19.2 Å². The molecule has 0 saturated heterocycles. The summed E-state index contributed by atoms with van der Waals surface area (Å²) in [6.07, 6.45) is 0. The largest absolute Gasteiger partial charge is 0.465 e. The number of esters is 1. The van der Waals surface area contributed by atoms with E-state index in [9.17, 15) is 9.18 Å². The number of hydrogen-bond donors (Lipinski definition) is 0. The van der Waals surface area contributed by atoms with Crippen LogP contribution in [-0.2, 0) is 4.74 Å². The first-order valence-electron chi connectivity index (χ1n) is 5.04. The first-order valence-corrected chi connectivity index (χ1v) is 5.42. The van der Waals surface area contributed by atoms with Gasteiger partial charge in [-0.2, -0.15) is 0 Å². The average Bonchev–Trinajstić information content (AvgIpc) is 2.70. The number of hydrogen-bond acceptors (Lipinski definition) is 4. The number of nitrogens with zero attached hydrogens (tertiary/aromatic N) is 1. The number of carbonyl (C=O) groups excluding carboxylic acids is 1. The number of ether oxygens (including phenoxy) is 1. The van der Waals surface area contributed by atoms with E-state index in [-0.39, 0.29) is 27.6 Å². The summed E-state index contributed by atoms with van der Waals surface area (Å²) in [4.78, 5) is 11.6. The first kappa shape index (κ1) is 12.6. The zero-order valence-corrected chi connectivity index (χ0v) is 10.4. The van der Waals surface area contributed by atoms with Crippen molar-refractivity contribution in [3.05, 3.63) is 40.4 Å². The van der Waals surface area contributed by atoms with Crippen LogP contribution in [0, 0.1) is 12.7 Å². The fourth-order valence-corrected chi connectivity index (χ4v) is 1.74. The van der Waals surface area contributed by atoms with Crippen LogP contribution in [0.15, 0.2) is 22.7 Å². The second kappa shape index (κ2) is 4.78. The van der Waals surface area contributed by atoms with Crippen LogP contribution in [0.3, 0.4) is 0 Å². The van der Waals surface area contributed by atoms with Gasteiger partial charge in [0, 0.05) is 10.6 Å². The van der Waals surface area contributed by atoms with Crippen LogP contribution < -0.4 is 0 Å². The highest BCUT2D eigenvalue weighted by molar-refractivity contribution is 6.30. The molecule has 1 aromatic heterocycles. The highest BCUT2D eigenvalue weighted by Gasteiger charge is 2.24. The Balaban J connectivity index is 2.61. The third-order valence-corrected chi connectivity index (χ3v) is 2.67. The highest BCUT2D eigenvalue weighted by Crippen LogP contribution is 2.29. The van der Waals surface area contributed by atoms with Gasteiger partial charge >= 0.3 is 5.97 Å². The van der Waals surface area contributed by atoms with Crippen LogP contribution >= 0.6 is 11.6 Å². The van der Waals surface area contributed by atoms with Crippen LogP contribution in [0.25, 0.3) is 11.3 Å². The lowest BCUT2D eigenvalue weighted by molar-refractivity contribution is 0.0599. The normalized spacial score (nSPS) is 10.4. The summed E-state index contributed by atoms with van der Waals surface area (Å²) in [5.74, 6) is -0.940. The number of benzene rings is 1. The van der Waals surface area contributed by atoms with Gasteiger partial charge in [0.2, 0.25) is 0 Å². The van der Waals surface area contributed by atoms with Gasteiger partial charge in [-0.1, -0.05) is 16.8 Å². The molecule has 0 radical (unpaired) electrons. The molecule has 0 aliphatic carbocycles. The molecule has 18 heavy (non-hydrogen) atoms. The Morgan fingerprint density at radius 2 is 2.22 bits per heavy atom. The van der Waals surface area contributed by atoms with Crippen molar-refractivity contribution >= 4 is 17.6 Å². The second-order valence-corrected chi connectivity index (χ2v) is 4.01. The van der Waals surface area contributed by atoms with Crippen molar-refractivity contribution in [2.45, 2.75) is 6.92 Å². The minimum atomic E-state index is -0.627. The summed E-state index contributed by atoms with van der Waals surface area (Å²) in [6.45, 7) is 1.55. The van der Waals surface area contributed by atoms with Crippen LogP contribution in [0.2, 0.25) is 5.02 Å². The van der Waals surface area contributed by atoms with Crippen molar-refractivity contribution in [1.82, 2.24) is 5.16 Å². The highest BCUT2D eigenvalue weighted by atomic mass is 35.5. The molecule has 0 amide bonds. The van der Waals surface area contributed by atoms with Crippen LogP contribution in [0.4, 0.5) is 4.39 Å². The van der Waals surface area contributed by atoms with Crippen LogP contribution in [0.5, 0.6) is 0 Å². The standard InChI is InChI=1S/C12H9ClFNO3/c1-6-10(12(16)17-2)11(15-18-6)8-4-3-7(13)5-9(8)14/h3-5H,1-2H3. The Labute approximate surface area is 107 Å². The molecule has 0 aliphatic heterocycles. The zero-order valence-electron chi connectivity index (χ0n) is 9.66. The minimum absolute atomic E-state index is 0.105. The SMILES string of the molecule is COC(=O)c1c(-c2ccc(Cl)cc2F)noc1C. The van der Waals surface area contributed by atoms with Gasteiger partial charge in [0.1, 0.15) is 22.8 Å². The van der Waals surface area contributed by atoms with Gasteiger partial charge in [0.05, 0.1) is 7.11 Å². The molecule has 2 rings (SSSR count). The van der Waals surface area contributed by atoms with E-state index >= 15 is 0 Å². The lowest BCUT2D eigenvalue weighted by Gasteiger charge is -2.02. The molecule has 0 spiro atoms. The molecule has 0 atom stereocenters. The lowest BCUT2D eigenvalue weighted by atomic mass is 10.1. The third-order valence-electron chi connectivity index (χ3n) is 2.44. The monoisotopic (exact) mass is 269 g/mol. The van der Waals surface area contributed by atoms with Gasteiger partial charge in [-0.3, -0.25) is 0 Å². The number of carbonyl (C=O) groups is 1. The van der Waals surface area contributed by atoms with Crippen molar-refractivity contribution < 1.29 is 18.4 Å². The summed E-state index contributed by atoms with van der Waals surface area (Å²) in [6, 6.07) is 4.08. The maximum absolute atomic E-state index is 13.8. The molecule has 0 N–H and O–H groups in total. The smallest absolute Gasteiger partial charge is 0.343 e. The molecule has 0 bridgehead atoms. The van der Waals surface area contributed by atoms with Crippen molar-refractivity contribution in [1.29, 1.82) is 0 Å². The van der Waals surface area contributed by atoms with E-state index in [0.717, 1.165) is 6.07 Å². The topological polar surface area (TPSA) is 52.3 Å². The Bertz CT molecular complexity index is 609. The molecule has 4 nitrogen and oxygen atoms in total. The van der Waals surface area contributed by atoms with Crippen molar-refractivity contribution in [2.24, 2.45) is 0 Å².